The monoisotopic (exact) mass is 129 g/mol. The van der Waals surface area contributed by atoms with E-state index in [1.54, 1.807) is 0 Å². The average Bonchev–Trinajstić information content (AvgIpc) is 1.98. The van der Waals surface area contributed by atoms with Crippen molar-refractivity contribution in [3.8, 4) is 5.88 Å². The van der Waals surface area contributed by atoms with E-state index in [2.05, 4.69) is 4.42 Å². The number of oxazole rings is 1. The van der Waals surface area contributed by atoms with Crippen LogP contribution in [-0.2, 0) is 7.05 Å². The maximum Gasteiger partial charge on any atom is 0.421 e. The summed E-state index contributed by atoms with van der Waals surface area (Å²) in [5, 5.41) is 8.90. The second kappa shape index (κ2) is 1.65. The lowest BCUT2D eigenvalue weighted by molar-refractivity contribution is 0.422. The van der Waals surface area contributed by atoms with Crippen molar-refractivity contribution in [1.82, 2.24) is 4.57 Å². The van der Waals surface area contributed by atoms with Crippen molar-refractivity contribution in [1.29, 1.82) is 0 Å². The zero-order valence-corrected chi connectivity index (χ0v) is 5.21. The van der Waals surface area contributed by atoms with Crippen LogP contribution in [-0.4, -0.2) is 9.67 Å². The van der Waals surface area contributed by atoms with E-state index in [4.69, 9.17) is 5.11 Å². The highest BCUT2D eigenvalue weighted by Crippen LogP contribution is 2.09. The second-order valence-electron chi connectivity index (χ2n) is 1.81. The van der Waals surface area contributed by atoms with Gasteiger partial charge in [0.15, 0.2) is 5.76 Å². The molecule has 0 amide bonds. The van der Waals surface area contributed by atoms with Gasteiger partial charge in [0.05, 0.1) is 0 Å². The number of aromatic nitrogens is 1. The first-order chi connectivity index (χ1) is 4.13. The van der Waals surface area contributed by atoms with E-state index in [1.807, 2.05) is 0 Å². The molecule has 0 aliphatic heterocycles. The third-order valence-corrected chi connectivity index (χ3v) is 1.15. The number of aryl methyl sites for hydroxylation is 1. The Morgan fingerprint density at radius 2 is 2.22 bits per heavy atom. The summed E-state index contributed by atoms with van der Waals surface area (Å²) in [5.74, 6) is -0.396. The molecule has 0 spiro atoms. The van der Waals surface area contributed by atoms with Crippen LogP contribution < -0.4 is 5.76 Å². The third kappa shape index (κ3) is 0.718. The topological polar surface area (TPSA) is 55.4 Å². The molecule has 1 N–H and O–H groups in total. The lowest BCUT2D eigenvalue weighted by atomic mass is 10.6. The Balaban J connectivity index is 3.47. The zero-order valence-electron chi connectivity index (χ0n) is 5.21. The van der Waals surface area contributed by atoms with E-state index < -0.39 is 5.76 Å². The molecule has 0 fully saturated rings. The quantitative estimate of drug-likeness (QED) is 0.536. The van der Waals surface area contributed by atoms with Crippen LogP contribution in [0, 0.1) is 6.92 Å². The Bertz CT molecular complexity index is 270. The van der Waals surface area contributed by atoms with E-state index in [0.717, 1.165) is 4.57 Å². The van der Waals surface area contributed by atoms with Crippen LogP contribution in [0.2, 0.25) is 0 Å². The maximum atomic E-state index is 10.5. The van der Waals surface area contributed by atoms with Gasteiger partial charge in [-0.05, 0) is 6.92 Å². The molecule has 0 aromatic carbocycles. The summed E-state index contributed by atoms with van der Waals surface area (Å²) < 4.78 is 5.54. The number of aromatic hydroxyl groups is 1. The molecule has 0 unspecified atom stereocenters. The summed E-state index contributed by atoms with van der Waals surface area (Å²) >= 11 is 0. The lowest BCUT2D eigenvalue weighted by Gasteiger charge is -1.86. The molecule has 0 aliphatic rings. The van der Waals surface area contributed by atoms with Crippen molar-refractivity contribution >= 4 is 0 Å². The predicted octanol–water partition coefficient (Wildman–Crippen LogP) is -0.00768. The third-order valence-electron chi connectivity index (χ3n) is 1.15. The van der Waals surface area contributed by atoms with Crippen LogP contribution in [0.4, 0.5) is 0 Å². The highest BCUT2D eigenvalue weighted by molar-refractivity contribution is 5.11. The molecule has 1 aromatic rings. The highest BCUT2D eigenvalue weighted by Gasteiger charge is 2.05. The van der Waals surface area contributed by atoms with Gasteiger partial charge in [0.2, 0.25) is 5.88 Å². The minimum absolute atomic E-state index is 0.111. The summed E-state index contributed by atoms with van der Waals surface area (Å²) in [6, 6.07) is 0. The standard InChI is InChI=1S/C5H7NO3/c1-3-4(7)6(2)5(8)9-3/h7H,1-2H3. The lowest BCUT2D eigenvalue weighted by Crippen LogP contribution is -2.07. The van der Waals surface area contributed by atoms with Gasteiger partial charge >= 0.3 is 5.76 Å². The Labute approximate surface area is 51.3 Å². The van der Waals surface area contributed by atoms with Crippen LogP contribution in [0.1, 0.15) is 5.76 Å². The minimum Gasteiger partial charge on any atom is -0.492 e. The average molecular weight is 129 g/mol. The molecule has 9 heavy (non-hydrogen) atoms. The van der Waals surface area contributed by atoms with Crippen molar-refractivity contribution in [3.05, 3.63) is 16.3 Å². The van der Waals surface area contributed by atoms with Gasteiger partial charge in [-0.25, -0.2) is 9.36 Å². The molecule has 0 aliphatic carbocycles. The first-order valence-corrected chi connectivity index (χ1v) is 2.48. The Kier molecular flexibility index (Phi) is 1.09. The van der Waals surface area contributed by atoms with Crippen molar-refractivity contribution in [2.45, 2.75) is 6.92 Å². The van der Waals surface area contributed by atoms with Gasteiger partial charge < -0.3 is 9.52 Å². The van der Waals surface area contributed by atoms with Crippen LogP contribution in [0.3, 0.4) is 0 Å². The molecule has 1 heterocycles. The summed E-state index contributed by atoms with van der Waals surface area (Å²) in [5.41, 5.74) is 0. The van der Waals surface area contributed by atoms with Gasteiger partial charge in [-0.15, -0.1) is 0 Å². The van der Waals surface area contributed by atoms with Crippen LogP contribution in [0.5, 0.6) is 5.88 Å². The van der Waals surface area contributed by atoms with Gasteiger partial charge in [0.25, 0.3) is 0 Å². The fraction of sp³-hybridized carbons (Fsp3) is 0.400. The van der Waals surface area contributed by atoms with E-state index in [1.165, 1.54) is 14.0 Å². The normalized spacial score (nSPS) is 10.0. The number of rotatable bonds is 0. The van der Waals surface area contributed by atoms with Crippen molar-refractivity contribution in [2.24, 2.45) is 7.05 Å². The number of hydrogen-bond acceptors (Lipinski definition) is 3. The first kappa shape index (κ1) is 5.94. The van der Waals surface area contributed by atoms with Crippen molar-refractivity contribution in [2.75, 3.05) is 0 Å². The Morgan fingerprint density at radius 3 is 2.33 bits per heavy atom. The molecule has 0 saturated carbocycles. The largest absolute Gasteiger partial charge is 0.492 e. The van der Waals surface area contributed by atoms with Crippen LogP contribution in [0.25, 0.3) is 0 Å². The smallest absolute Gasteiger partial charge is 0.421 e. The van der Waals surface area contributed by atoms with Gasteiger partial charge in [-0.1, -0.05) is 0 Å². The fourth-order valence-corrected chi connectivity index (χ4v) is 0.568. The summed E-state index contributed by atoms with van der Waals surface area (Å²) in [6.45, 7) is 1.52. The summed E-state index contributed by atoms with van der Waals surface area (Å²) in [7, 11) is 1.44. The van der Waals surface area contributed by atoms with Crippen LogP contribution >= 0.6 is 0 Å². The predicted molar refractivity (Wildman–Crippen MR) is 30.4 cm³/mol. The molecule has 4 heteroatoms. The van der Waals surface area contributed by atoms with Crippen molar-refractivity contribution < 1.29 is 9.52 Å². The Hall–Kier alpha value is -1.19. The molecule has 1 aromatic heterocycles. The van der Waals surface area contributed by atoms with Gasteiger partial charge in [0.1, 0.15) is 0 Å². The van der Waals surface area contributed by atoms with Gasteiger partial charge in [-0.2, -0.15) is 0 Å². The summed E-state index contributed by atoms with van der Waals surface area (Å²) in [6.07, 6.45) is 0. The molecule has 0 atom stereocenters. The molecule has 1 rings (SSSR count). The van der Waals surface area contributed by atoms with E-state index in [-0.39, 0.29) is 11.6 Å². The van der Waals surface area contributed by atoms with E-state index in [0.29, 0.717) is 0 Å². The minimum atomic E-state index is -0.537. The molecule has 0 bridgehead atoms. The zero-order chi connectivity index (χ0) is 7.02. The maximum absolute atomic E-state index is 10.5. The van der Waals surface area contributed by atoms with Gasteiger partial charge in [0, 0.05) is 7.05 Å². The number of nitrogens with zero attached hydrogens (tertiary/aromatic N) is 1. The molecular formula is C5H7NO3. The van der Waals surface area contributed by atoms with Crippen LogP contribution in [0.15, 0.2) is 9.21 Å². The molecule has 50 valence electrons. The van der Waals surface area contributed by atoms with Gasteiger partial charge in [-0.3, -0.25) is 0 Å². The number of hydrogen-bond donors (Lipinski definition) is 1. The molecule has 0 saturated heterocycles. The van der Waals surface area contributed by atoms with E-state index >= 15 is 0 Å². The first-order valence-electron chi connectivity index (χ1n) is 2.48. The van der Waals surface area contributed by atoms with E-state index in [9.17, 15) is 4.79 Å². The SMILES string of the molecule is Cc1oc(=O)n(C)c1O. The Morgan fingerprint density at radius 1 is 1.67 bits per heavy atom. The fourth-order valence-electron chi connectivity index (χ4n) is 0.568. The summed E-state index contributed by atoms with van der Waals surface area (Å²) in [4.78, 5) is 10.5. The molecule has 4 nitrogen and oxygen atoms in total. The van der Waals surface area contributed by atoms with Crippen molar-refractivity contribution in [3.63, 3.8) is 0 Å². The molecule has 0 radical (unpaired) electrons. The highest BCUT2D eigenvalue weighted by atomic mass is 16.4. The molecular weight excluding hydrogens is 122 g/mol. The second-order valence-corrected chi connectivity index (χ2v) is 1.81.